The lowest BCUT2D eigenvalue weighted by Gasteiger charge is -2.34. The summed E-state index contributed by atoms with van der Waals surface area (Å²) in [6, 6.07) is 0. The van der Waals surface area contributed by atoms with Crippen molar-refractivity contribution in [1.29, 1.82) is 0 Å². The van der Waals surface area contributed by atoms with Gasteiger partial charge in [0.1, 0.15) is 6.10 Å². The molecule has 0 unspecified atom stereocenters. The van der Waals surface area contributed by atoms with Gasteiger partial charge in [-0.1, -0.05) is 13.8 Å². The lowest BCUT2D eigenvalue weighted by molar-refractivity contribution is -0.152. The van der Waals surface area contributed by atoms with E-state index in [-0.39, 0.29) is 5.41 Å². The van der Waals surface area contributed by atoms with Crippen LogP contribution in [0.15, 0.2) is 34.6 Å². The molecule has 0 spiro atoms. The third-order valence-corrected chi connectivity index (χ3v) is 5.72. The lowest BCUT2D eigenvalue weighted by atomic mass is 9.72. The fourth-order valence-corrected chi connectivity index (χ4v) is 4.49. The molecule has 0 aromatic rings. The third kappa shape index (κ3) is 2.42. The highest BCUT2D eigenvalue weighted by molar-refractivity contribution is 5.93. The van der Waals surface area contributed by atoms with Gasteiger partial charge in [0.2, 0.25) is 0 Å². The molecule has 2 aliphatic carbocycles. The van der Waals surface area contributed by atoms with Crippen LogP contribution in [0.3, 0.4) is 0 Å². The Hall–Kier alpha value is -2.08. The molecule has 6 heteroatoms. The van der Waals surface area contributed by atoms with Gasteiger partial charge >= 0.3 is 11.9 Å². The molecule has 1 saturated heterocycles. The minimum absolute atomic E-state index is 0.0919. The topological polar surface area (TPSA) is 82.1 Å². The molecule has 2 aliphatic heterocycles. The largest absolute Gasteiger partial charge is 0.458 e. The molecule has 0 aromatic carbocycles. The zero-order valence-corrected chi connectivity index (χ0v) is 14.6. The number of cyclic esters (lactones) is 1. The Morgan fingerprint density at radius 2 is 2.04 bits per heavy atom. The maximum Gasteiger partial charge on any atom is 0.338 e. The van der Waals surface area contributed by atoms with Crippen LogP contribution in [0, 0.1) is 11.3 Å². The van der Waals surface area contributed by atoms with Gasteiger partial charge in [-0.15, -0.1) is 0 Å². The Balaban J connectivity index is 1.60. The smallest absolute Gasteiger partial charge is 0.338 e. The van der Waals surface area contributed by atoms with Crippen molar-refractivity contribution in [3.63, 3.8) is 0 Å². The molecule has 25 heavy (non-hydrogen) atoms. The minimum Gasteiger partial charge on any atom is -0.458 e. The molecule has 6 nitrogen and oxygen atoms in total. The van der Waals surface area contributed by atoms with Crippen molar-refractivity contribution in [3.8, 4) is 0 Å². The Labute approximate surface area is 146 Å². The quantitative estimate of drug-likeness (QED) is 0.357. The van der Waals surface area contributed by atoms with Crippen LogP contribution in [0.25, 0.3) is 0 Å². The first-order chi connectivity index (χ1) is 11.8. The predicted octanol–water partition coefficient (Wildman–Crippen LogP) is 2.14. The van der Waals surface area contributed by atoms with Crippen molar-refractivity contribution in [2.45, 2.75) is 58.5 Å². The van der Waals surface area contributed by atoms with Gasteiger partial charge in [-0.05, 0) is 42.7 Å². The van der Waals surface area contributed by atoms with Gasteiger partial charge in [0.15, 0.2) is 0 Å². The molecule has 1 fully saturated rings. The number of carbonyl (C=O) groups is 2. The van der Waals surface area contributed by atoms with Crippen molar-refractivity contribution in [2.75, 3.05) is 0 Å². The van der Waals surface area contributed by atoms with E-state index in [9.17, 15) is 14.7 Å². The van der Waals surface area contributed by atoms with Gasteiger partial charge in [0.25, 0.3) is 6.29 Å². The lowest BCUT2D eigenvalue weighted by Crippen LogP contribution is -2.27. The summed E-state index contributed by atoms with van der Waals surface area (Å²) in [5, 5.41) is 10.8. The van der Waals surface area contributed by atoms with E-state index in [1.54, 1.807) is 13.0 Å². The molecule has 134 valence electrons. The van der Waals surface area contributed by atoms with Crippen LogP contribution in [0.5, 0.6) is 0 Å². The number of fused-ring (bicyclic) bond motifs is 2. The Bertz CT molecular complexity index is 741. The second-order valence-corrected chi connectivity index (χ2v) is 7.81. The monoisotopic (exact) mass is 346 g/mol. The summed E-state index contributed by atoms with van der Waals surface area (Å²) in [7, 11) is 0. The fourth-order valence-electron chi connectivity index (χ4n) is 4.49. The average molecular weight is 346 g/mol. The second kappa shape index (κ2) is 5.46. The zero-order valence-electron chi connectivity index (χ0n) is 14.6. The Morgan fingerprint density at radius 3 is 2.72 bits per heavy atom. The molecule has 1 N–H and O–H groups in total. The van der Waals surface area contributed by atoms with E-state index >= 15 is 0 Å². The number of esters is 2. The Kier molecular flexibility index (Phi) is 3.58. The summed E-state index contributed by atoms with van der Waals surface area (Å²) in [6.45, 7) is 5.90. The maximum absolute atomic E-state index is 12.3. The van der Waals surface area contributed by atoms with Crippen molar-refractivity contribution in [3.05, 3.63) is 34.6 Å². The van der Waals surface area contributed by atoms with Crippen LogP contribution < -0.4 is 0 Å². The standard InChI is InChI=1S/C19H22O6/c1-9-7-12(24-17(9)21)23-8-11-13-15(20)10-5-4-6-19(2,3)14(10)16(13)25-18(11)22/h7-8,12-13,15-16,20H,4-6H2,1-3H3/b11-8+/t12-,13+,15+,16+/m0/s1. The number of ether oxygens (including phenoxy) is 3. The third-order valence-electron chi connectivity index (χ3n) is 5.72. The van der Waals surface area contributed by atoms with E-state index < -0.39 is 36.4 Å². The zero-order chi connectivity index (χ0) is 17.9. The summed E-state index contributed by atoms with van der Waals surface area (Å²) >= 11 is 0. The summed E-state index contributed by atoms with van der Waals surface area (Å²) in [5.41, 5.74) is 2.75. The summed E-state index contributed by atoms with van der Waals surface area (Å²) in [6.07, 6.45) is 3.70. The highest BCUT2D eigenvalue weighted by Gasteiger charge is 2.56. The molecule has 4 aliphatic rings. The number of rotatable bonds is 2. The molecule has 0 radical (unpaired) electrons. The van der Waals surface area contributed by atoms with Crippen molar-refractivity contribution >= 4 is 11.9 Å². The molecule has 4 rings (SSSR count). The van der Waals surface area contributed by atoms with Crippen LogP contribution in [-0.4, -0.2) is 35.5 Å². The van der Waals surface area contributed by atoms with Crippen molar-refractivity contribution in [1.82, 2.24) is 0 Å². The highest BCUT2D eigenvalue weighted by atomic mass is 16.7. The number of hydrogen-bond donors (Lipinski definition) is 1. The van der Waals surface area contributed by atoms with Crippen LogP contribution in [-0.2, 0) is 23.8 Å². The van der Waals surface area contributed by atoms with Crippen LogP contribution >= 0.6 is 0 Å². The SMILES string of the molecule is CC1=C[C@@H](O/C=C2/C(=O)O[C@H]3C4=C(CCCC4(C)C)[C@@H](O)[C@@H]23)OC1=O. The molecule has 0 saturated carbocycles. The molecule has 0 bridgehead atoms. The average Bonchev–Trinajstić information content (AvgIpc) is 3.11. The van der Waals surface area contributed by atoms with E-state index in [0.717, 1.165) is 30.4 Å². The van der Waals surface area contributed by atoms with Crippen LogP contribution in [0.1, 0.15) is 40.0 Å². The van der Waals surface area contributed by atoms with Gasteiger partial charge in [-0.25, -0.2) is 9.59 Å². The predicted molar refractivity (Wildman–Crippen MR) is 86.8 cm³/mol. The summed E-state index contributed by atoms with van der Waals surface area (Å²) in [4.78, 5) is 23.7. The van der Waals surface area contributed by atoms with Crippen molar-refractivity contribution in [2.24, 2.45) is 11.3 Å². The van der Waals surface area contributed by atoms with E-state index in [2.05, 4.69) is 13.8 Å². The number of carbonyl (C=O) groups excluding carboxylic acids is 2. The van der Waals surface area contributed by atoms with Gasteiger partial charge < -0.3 is 19.3 Å². The van der Waals surface area contributed by atoms with E-state index in [1.165, 1.54) is 6.26 Å². The van der Waals surface area contributed by atoms with Crippen molar-refractivity contribution < 1.29 is 28.9 Å². The first-order valence-electron chi connectivity index (χ1n) is 8.67. The maximum atomic E-state index is 12.3. The fraction of sp³-hybridized carbons (Fsp3) is 0.579. The van der Waals surface area contributed by atoms with Gasteiger partial charge in [0.05, 0.1) is 23.9 Å². The van der Waals surface area contributed by atoms with E-state index in [4.69, 9.17) is 14.2 Å². The second-order valence-electron chi connectivity index (χ2n) is 7.81. The van der Waals surface area contributed by atoms with Gasteiger partial charge in [0, 0.05) is 11.6 Å². The van der Waals surface area contributed by atoms with Gasteiger partial charge in [-0.3, -0.25) is 0 Å². The molecular formula is C19H22O6. The molecular weight excluding hydrogens is 324 g/mol. The van der Waals surface area contributed by atoms with E-state index in [0.29, 0.717) is 11.1 Å². The number of hydrogen-bond acceptors (Lipinski definition) is 6. The normalized spacial score (nSPS) is 37.6. The first kappa shape index (κ1) is 16.4. The number of aliphatic hydroxyl groups excluding tert-OH is 1. The summed E-state index contributed by atoms with van der Waals surface area (Å²) < 4.78 is 16.1. The van der Waals surface area contributed by atoms with E-state index in [1.807, 2.05) is 0 Å². The number of aliphatic hydroxyl groups is 1. The van der Waals surface area contributed by atoms with Gasteiger partial charge in [-0.2, -0.15) is 0 Å². The minimum atomic E-state index is -0.843. The molecule has 0 amide bonds. The van der Waals surface area contributed by atoms with Crippen LogP contribution in [0.2, 0.25) is 0 Å². The van der Waals surface area contributed by atoms with Crippen LogP contribution in [0.4, 0.5) is 0 Å². The summed E-state index contributed by atoms with van der Waals surface area (Å²) in [5.74, 6) is -1.36. The molecule has 4 atom stereocenters. The first-order valence-corrected chi connectivity index (χ1v) is 8.67. The molecule has 0 aromatic heterocycles. The highest BCUT2D eigenvalue weighted by Crippen LogP contribution is 2.54. The Morgan fingerprint density at radius 1 is 1.28 bits per heavy atom. The molecule has 2 heterocycles.